The molecule has 0 unspecified atom stereocenters. The molecule has 3 rings (SSSR count). The van der Waals surface area contributed by atoms with Crippen LogP contribution in [0.1, 0.15) is 82.3 Å². The summed E-state index contributed by atoms with van der Waals surface area (Å²) in [4.78, 5) is 0.150. The topological polar surface area (TPSA) is 52.6 Å². The molecule has 0 N–H and O–H groups in total. The van der Waals surface area contributed by atoms with Crippen molar-refractivity contribution in [3.8, 4) is 15.6 Å². The van der Waals surface area contributed by atoms with Crippen LogP contribution in [0, 0.1) is 20.3 Å². The average molecular weight is 661 g/mol. The molecule has 0 heterocycles. The van der Waals surface area contributed by atoms with Gasteiger partial charge in [-0.05, 0) is 0 Å². The van der Waals surface area contributed by atoms with E-state index >= 15 is 0 Å². The van der Waals surface area contributed by atoms with Crippen molar-refractivity contribution in [2.24, 2.45) is 0 Å². The van der Waals surface area contributed by atoms with Gasteiger partial charge in [0.05, 0.1) is 0 Å². The summed E-state index contributed by atoms with van der Waals surface area (Å²) in [5, 5.41) is 0. The molecule has 0 saturated heterocycles. The normalized spacial score (nSPS) is 11.5. The predicted molar refractivity (Wildman–Crippen MR) is 169 cm³/mol. The number of hydrogen-bond donors (Lipinski definition) is 0. The number of rotatable bonds is 16. The van der Waals surface area contributed by atoms with Gasteiger partial charge in [0.2, 0.25) is 0 Å². The summed E-state index contributed by atoms with van der Waals surface area (Å²) in [6.45, 7) is 4.89. The number of benzene rings is 3. The van der Waals surface area contributed by atoms with Gasteiger partial charge in [-0.15, -0.1) is 0 Å². The van der Waals surface area contributed by atoms with Crippen molar-refractivity contribution >= 4 is 30.4 Å². The van der Waals surface area contributed by atoms with Crippen LogP contribution in [0.3, 0.4) is 0 Å². The Hall–Kier alpha value is -2.34. The van der Waals surface area contributed by atoms with Crippen molar-refractivity contribution in [1.82, 2.24) is 0 Å². The number of aryl methyl sites for hydroxylation is 1. The number of hydrogen-bond acceptors (Lipinski definition) is 4. The van der Waals surface area contributed by atoms with Gasteiger partial charge < -0.3 is 0 Å². The molecule has 0 aliphatic heterocycles. The standard InChI is InChI=1S/C33H41IO4S/c1-3-4-5-6-7-8-9-10-11-15-28-37-32-22-20-30(21-23-32)26-27-34(31-16-13-12-14-17-31)38-39(35,36)33-24-18-29(2)19-25-33/h12-14,16-25H,3-11,15,28H2,1-2H3. The summed E-state index contributed by atoms with van der Waals surface area (Å²) in [5.74, 6) is 3.97. The van der Waals surface area contributed by atoms with Crippen molar-refractivity contribution in [2.75, 3.05) is 6.61 Å². The molecule has 0 bridgehead atoms. The Bertz CT molecular complexity index is 1260. The SMILES string of the molecule is CCCCCCCCCCCCOc1ccc(C#CI(OS(=O)(=O)c2ccc(C)cc2)c2ccccc2)cc1. The van der Waals surface area contributed by atoms with Gasteiger partial charge in [-0.1, -0.05) is 45.4 Å². The van der Waals surface area contributed by atoms with E-state index in [-0.39, 0.29) is 4.90 Å². The molecule has 0 saturated carbocycles. The second-order valence-corrected chi connectivity index (χ2v) is 15.4. The second-order valence-electron chi connectivity index (χ2n) is 9.65. The minimum atomic E-state index is -3.91. The van der Waals surface area contributed by atoms with Crippen LogP contribution >= 0.6 is 20.2 Å². The first-order valence-electron chi connectivity index (χ1n) is 14.0. The Morgan fingerprint density at radius 2 is 1.31 bits per heavy atom. The van der Waals surface area contributed by atoms with E-state index in [1.807, 2.05) is 61.5 Å². The van der Waals surface area contributed by atoms with Crippen LogP contribution in [0.2, 0.25) is 0 Å². The molecule has 3 aromatic rings. The van der Waals surface area contributed by atoms with Crippen LogP contribution in [-0.2, 0) is 12.6 Å². The summed E-state index contributed by atoms with van der Waals surface area (Å²) in [7, 11) is -3.91. The second kappa shape index (κ2) is 17.4. The van der Waals surface area contributed by atoms with E-state index in [9.17, 15) is 8.42 Å². The first kappa shape index (κ1) is 31.2. The Morgan fingerprint density at radius 3 is 1.92 bits per heavy atom. The van der Waals surface area contributed by atoms with Gasteiger partial charge in [-0.25, -0.2) is 0 Å². The van der Waals surface area contributed by atoms with Crippen molar-refractivity contribution in [3.05, 3.63) is 93.6 Å². The van der Waals surface area contributed by atoms with E-state index in [0.29, 0.717) is 0 Å². The fourth-order valence-electron chi connectivity index (χ4n) is 3.97. The number of ether oxygens (including phenoxy) is 1. The van der Waals surface area contributed by atoms with Crippen LogP contribution in [0.15, 0.2) is 83.8 Å². The van der Waals surface area contributed by atoms with E-state index in [2.05, 4.69) is 16.8 Å². The fraction of sp³-hybridized carbons (Fsp3) is 0.394. The van der Waals surface area contributed by atoms with Crippen LogP contribution in [-0.4, -0.2) is 15.0 Å². The van der Waals surface area contributed by atoms with Gasteiger partial charge in [0.25, 0.3) is 0 Å². The van der Waals surface area contributed by atoms with E-state index in [1.165, 1.54) is 57.8 Å². The minimum absolute atomic E-state index is 0.150. The molecule has 0 atom stereocenters. The Kier molecular flexibility index (Phi) is 13.9. The molecule has 4 nitrogen and oxygen atoms in total. The quantitative estimate of drug-likeness (QED) is 0.0873. The Morgan fingerprint density at radius 1 is 0.718 bits per heavy atom. The summed E-state index contributed by atoms with van der Waals surface area (Å²) in [6.07, 6.45) is 13.0. The molecule has 39 heavy (non-hydrogen) atoms. The molecule has 0 spiro atoms. The van der Waals surface area contributed by atoms with Crippen LogP contribution in [0.4, 0.5) is 0 Å². The summed E-state index contributed by atoms with van der Waals surface area (Å²) in [5.41, 5.74) is 1.79. The molecule has 0 radical (unpaired) electrons. The third-order valence-corrected chi connectivity index (χ3v) is 12.5. The van der Waals surface area contributed by atoms with Gasteiger partial charge in [0, 0.05) is 0 Å². The van der Waals surface area contributed by atoms with Gasteiger partial charge in [-0.2, -0.15) is 0 Å². The monoisotopic (exact) mass is 660 g/mol. The molecule has 0 aliphatic rings. The van der Waals surface area contributed by atoms with Gasteiger partial charge >= 0.3 is 199 Å². The van der Waals surface area contributed by atoms with Gasteiger partial charge in [0.1, 0.15) is 0 Å². The number of unbranched alkanes of at least 4 members (excludes halogenated alkanes) is 9. The summed E-state index contributed by atoms with van der Waals surface area (Å²) < 4.78 is 41.6. The van der Waals surface area contributed by atoms with E-state index < -0.39 is 30.4 Å². The number of halogens is 1. The first-order valence-corrected chi connectivity index (χ1v) is 18.4. The maximum absolute atomic E-state index is 13.0. The van der Waals surface area contributed by atoms with Gasteiger partial charge in [-0.3, -0.25) is 0 Å². The predicted octanol–water partition coefficient (Wildman–Crippen LogP) is 9.30. The van der Waals surface area contributed by atoms with E-state index in [4.69, 9.17) is 7.25 Å². The zero-order chi connectivity index (χ0) is 27.8. The van der Waals surface area contributed by atoms with Crippen molar-refractivity contribution in [2.45, 2.75) is 83.0 Å². The van der Waals surface area contributed by atoms with E-state index in [0.717, 1.165) is 33.5 Å². The summed E-state index contributed by atoms with van der Waals surface area (Å²) in [6, 6.07) is 23.8. The Labute approximate surface area is 243 Å². The molecule has 210 valence electrons. The van der Waals surface area contributed by atoms with Crippen molar-refractivity contribution < 1.29 is 15.7 Å². The first-order chi connectivity index (χ1) is 19.0. The molecule has 0 amide bonds. The fourth-order valence-corrected chi connectivity index (χ4v) is 9.66. The van der Waals surface area contributed by atoms with Crippen molar-refractivity contribution in [3.63, 3.8) is 0 Å². The zero-order valence-electron chi connectivity index (χ0n) is 23.2. The summed E-state index contributed by atoms with van der Waals surface area (Å²) >= 11 is -2.82. The molecule has 3 aromatic carbocycles. The third-order valence-electron chi connectivity index (χ3n) is 6.29. The van der Waals surface area contributed by atoms with Crippen molar-refractivity contribution in [1.29, 1.82) is 0 Å². The Balaban J connectivity index is 1.50. The maximum atomic E-state index is 13.0. The van der Waals surface area contributed by atoms with Crippen LogP contribution in [0.5, 0.6) is 5.75 Å². The molecular weight excluding hydrogens is 619 g/mol. The molecule has 6 heteroatoms. The third kappa shape index (κ3) is 11.7. The van der Waals surface area contributed by atoms with Crippen LogP contribution in [0.25, 0.3) is 0 Å². The average Bonchev–Trinajstić information content (AvgIpc) is 2.95. The van der Waals surface area contributed by atoms with Gasteiger partial charge in [0.15, 0.2) is 0 Å². The molecule has 0 aromatic heterocycles. The molecular formula is C33H41IO4S. The molecule has 0 aliphatic carbocycles. The van der Waals surface area contributed by atoms with E-state index in [1.54, 1.807) is 24.3 Å². The van der Waals surface area contributed by atoms with Crippen LogP contribution < -0.4 is 4.74 Å². The zero-order valence-corrected chi connectivity index (χ0v) is 26.2. The molecule has 0 fully saturated rings.